The van der Waals surface area contributed by atoms with Crippen LogP contribution in [0.5, 0.6) is 5.75 Å². The summed E-state index contributed by atoms with van der Waals surface area (Å²) in [5.74, 6) is 2.55. The van der Waals surface area contributed by atoms with Crippen molar-refractivity contribution in [2.45, 2.75) is 51.5 Å². The molecule has 3 atom stereocenters. The van der Waals surface area contributed by atoms with Gasteiger partial charge in [0.15, 0.2) is 0 Å². The monoisotopic (exact) mass is 261 g/mol. The van der Waals surface area contributed by atoms with Crippen LogP contribution in [0.2, 0.25) is 0 Å². The van der Waals surface area contributed by atoms with Gasteiger partial charge in [-0.25, -0.2) is 0 Å². The van der Waals surface area contributed by atoms with Crippen molar-refractivity contribution in [1.29, 1.82) is 0 Å². The molecular weight excluding hydrogens is 234 g/mol. The SMILES string of the molecule is CCC1CCC(N)C(CCc2ccc(OC)cc2)C1. The number of hydrogen-bond donors (Lipinski definition) is 1. The van der Waals surface area contributed by atoms with Crippen molar-refractivity contribution in [1.82, 2.24) is 0 Å². The highest BCUT2D eigenvalue weighted by Gasteiger charge is 2.26. The molecule has 1 fully saturated rings. The molecule has 2 N–H and O–H groups in total. The molecule has 2 nitrogen and oxygen atoms in total. The van der Waals surface area contributed by atoms with Crippen LogP contribution in [0.25, 0.3) is 0 Å². The molecule has 0 amide bonds. The third kappa shape index (κ3) is 3.97. The summed E-state index contributed by atoms with van der Waals surface area (Å²) in [6.07, 6.45) is 7.55. The number of ether oxygens (including phenoxy) is 1. The van der Waals surface area contributed by atoms with Crippen molar-refractivity contribution in [2.75, 3.05) is 7.11 Å². The van der Waals surface area contributed by atoms with Crippen molar-refractivity contribution < 1.29 is 4.74 Å². The summed E-state index contributed by atoms with van der Waals surface area (Å²) in [5.41, 5.74) is 7.68. The summed E-state index contributed by atoms with van der Waals surface area (Å²) in [5, 5.41) is 0. The summed E-state index contributed by atoms with van der Waals surface area (Å²) in [4.78, 5) is 0. The van der Waals surface area contributed by atoms with Crippen molar-refractivity contribution in [3.05, 3.63) is 29.8 Å². The summed E-state index contributed by atoms with van der Waals surface area (Å²) >= 11 is 0. The lowest BCUT2D eigenvalue weighted by atomic mass is 9.75. The topological polar surface area (TPSA) is 35.2 Å². The molecule has 1 aliphatic carbocycles. The van der Waals surface area contributed by atoms with Gasteiger partial charge in [-0.1, -0.05) is 25.5 Å². The van der Waals surface area contributed by atoms with E-state index in [9.17, 15) is 0 Å². The first kappa shape index (κ1) is 14.4. The molecule has 0 saturated heterocycles. The van der Waals surface area contributed by atoms with Gasteiger partial charge < -0.3 is 10.5 Å². The maximum atomic E-state index is 6.29. The van der Waals surface area contributed by atoms with Gasteiger partial charge in [-0.3, -0.25) is 0 Å². The van der Waals surface area contributed by atoms with Crippen LogP contribution < -0.4 is 10.5 Å². The van der Waals surface area contributed by atoms with Crippen molar-refractivity contribution in [3.63, 3.8) is 0 Å². The Morgan fingerprint density at radius 1 is 1.21 bits per heavy atom. The molecule has 0 spiro atoms. The Bertz CT molecular complexity index is 373. The Balaban J connectivity index is 1.85. The molecule has 0 aliphatic heterocycles. The standard InChI is InChI=1S/C17H27NO/c1-3-13-7-11-17(18)15(12-13)8-4-14-5-9-16(19-2)10-6-14/h5-6,9-10,13,15,17H,3-4,7-8,11-12,18H2,1-2H3. The largest absolute Gasteiger partial charge is 0.497 e. The molecule has 1 saturated carbocycles. The van der Waals surface area contributed by atoms with Crippen LogP contribution in [0.15, 0.2) is 24.3 Å². The molecule has 1 aromatic carbocycles. The zero-order chi connectivity index (χ0) is 13.7. The minimum absolute atomic E-state index is 0.418. The highest BCUT2D eigenvalue weighted by atomic mass is 16.5. The molecule has 3 unspecified atom stereocenters. The normalized spacial score (nSPS) is 27.2. The first-order valence-corrected chi connectivity index (χ1v) is 7.61. The second kappa shape index (κ2) is 6.95. The lowest BCUT2D eigenvalue weighted by molar-refractivity contribution is 0.218. The lowest BCUT2D eigenvalue weighted by Gasteiger charge is -2.33. The lowest BCUT2D eigenvalue weighted by Crippen LogP contribution is -2.36. The number of aryl methyl sites for hydroxylation is 1. The molecule has 0 aromatic heterocycles. The quantitative estimate of drug-likeness (QED) is 0.875. The third-order valence-electron chi connectivity index (χ3n) is 4.69. The highest BCUT2D eigenvalue weighted by Crippen LogP contribution is 2.33. The predicted octanol–water partition coefficient (Wildman–Crippen LogP) is 3.78. The average Bonchev–Trinajstić information content (AvgIpc) is 2.47. The van der Waals surface area contributed by atoms with Gasteiger partial charge in [0.25, 0.3) is 0 Å². The number of methoxy groups -OCH3 is 1. The molecule has 19 heavy (non-hydrogen) atoms. The Morgan fingerprint density at radius 3 is 2.58 bits per heavy atom. The summed E-state index contributed by atoms with van der Waals surface area (Å²) in [6.45, 7) is 2.31. The van der Waals surface area contributed by atoms with E-state index in [1.54, 1.807) is 7.11 Å². The number of hydrogen-bond acceptors (Lipinski definition) is 2. The summed E-state index contributed by atoms with van der Waals surface area (Å²) in [7, 11) is 1.71. The van der Waals surface area contributed by atoms with Crippen LogP contribution in [-0.2, 0) is 6.42 Å². The first-order valence-electron chi connectivity index (χ1n) is 7.61. The van der Waals surface area contributed by atoms with E-state index in [-0.39, 0.29) is 0 Å². The van der Waals surface area contributed by atoms with Crippen LogP contribution in [0.1, 0.15) is 44.6 Å². The van der Waals surface area contributed by atoms with Gasteiger partial charge in [0.05, 0.1) is 7.11 Å². The van der Waals surface area contributed by atoms with E-state index < -0.39 is 0 Å². The molecule has 0 radical (unpaired) electrons. The fourth-order valence-electron chi connectivity index (χ4n) is 3.23. The Labute approximate surface area is 117 Å². The second-order valence-corrected chi connectivity index (χ2v) is 5.90. The molecule has 1 aromatic rings. The van der Waals surface area contributed by atoms with Crippen LogP contribution in [0.4, 0.5) is 0 Å². The van der Waals surface area contributed by atoms with Gasteiger partial charge in [0, 0.05) is 6.04 Å². The van der Waals surface area contributed by atoms with Gasteiger partial charge in [0.2, 0.25) is 0 Å². The molecule has 0 bridgehead atoms. The fraction of sp³-hybridized carbons (Fsp3) is 0.647. The predicted molar refractivity (Wildman–Crippen MR) is 80.4 cm³/mol. The zero-order valence-corrected chi connectivity index (χ0v) is 12.3. The van der Waals surface area contributed by atoms with E-state index in [4.69, 9.17) is 10.5 Å². The molecule has 2 rings (SSSR count). The van der Waals surface area contributed by atoms with E-state index in [1.165, 1.54) is 37.7 Å². The van der Waals surface area contributed by atoms with E-state index in [0.29, 0.717) is 12.0 Å². The van der Waals surface area contributed by atoms with E-state index in [2.05, 4.69) is 19.1 Å². The van der Waals surface area contributed by atoms with Crippen LogP contribution >= 0.6 is 0 Å². The zero-order valence-electron chi connectivity index (χ0n) is 12.3. The highest BCUT2D eigenvalue weighted by molar-refractivity contribution is 5.27. The van der Waals surface area contributed by atoms with E-state index in [1.807, 2.05) is 12.1 Å². The van der Waals surface area contributed by atoms with Gasteiger partial charge in [0.1, 0.15) is 5.75 Å². The Morgan fingerprint density at radius 2 is 1.95 bits per heavy atom. The van der Waals surface area contributed by atoms with Crippen LogP contribution in [-0.4, -0.2) is 13.2 Å². The van der Waals surface area contributed by atoms with Gasteiger partial charge in [-0.05, 0) is 61.6 Å². The van der Waals surface area contributed by atoms with Gasteiger partial charge >= 0.3 is 0 Å². The molecule has 2 heteroatoms. The van der Waals surface area contributed by atoms with E-state index >= 15 is 0 Å². The maximum absolute atomic E-state index is 6.29. The summed E-state index contributed by atoms with van der Waals surface area (Å²) in [6, 6.07) is 8.85. The third-order valence-corrected chi connectivity index (χ3v) is 4.69. The Hall–Kier alpha value is -1.02. The fourth-order valence-corrected chi connectivity index (χ4v) is 3.23. The van der Waals surface area contributed by atoms with E-state index in [0.717, 1.165) is 18.1 Å². The van der Waals surface area contributed by atoms with Crippen molar-refractivity contribution in [3.8, 4) is 5.75 Å². The summed E-state index contributed by atoms with van der Waals surface area (Å²) < 4.78 is 5.19. The number of benzene rings is 1. The van der Waals surface area contributed by atoms with Crippen molar-refractivity contribution in [2.24, 2.45) is 17.6 Å². The first-order chi connectivity index (χ1) is 9.22. The number of rotatable bonds is 5. The smallest absolute Gasteiger partial charge is 0.118 e. The van der Waals surface area contributed by atoms with Crippen LogP contribution in [0.3, 0.4) is 0 Å². The van der Waals surface area contributed by atoms with Crippen molar-refractivity contribution >= 4 is 0 Å². The molecule has 106 valence electrons. The molecular formula is C17H27NO. The molecule has 1 aliphatic rings. The number of nitrogens with two attached hydrogens (primary N) is 1. The molecule has 0 heterocycles. The Kier molecular flexibility index (Phi) is 5.26. The van der Waals surface area contributed by atoms with Gasteiger partial charge in [-0.2, -0.15) is 0 Å². The average molecular weight is 261 g/mol. The van der Waals surface area contributed by atoms with Crippen LogP contribution in [0, 0.1) is 11.8 Å². The maximum Gasteiger partial charge on any atom is 0.118 e. The minimum atomic E-state index is 0.418. The minimum Gasteiger partial charge on any atom is -0.497 e. The second-order valence-electron chi connectivity index (χ2n) is 5.90. The van der Waals surface area contributed by atoms with Gasteiger partial charge in [-0.15, -0.1) is 0 Å².